The second kappa shape index (κ2) is 8.95. The molecule has 0 spiro atoms. The number of nitrogens with zero attached hydrogens (tertiary/aromatic N) is 1. The molecule has 29 heavy (non-hydrogen) atoms. The number of nitrogens with one attached hydrogen (secondary N) is 2. The van der Waals surface area contributed by atoms with Gasteiger partial charge >= 0.3 is 0 Å². The first-order valence-corrected chi connectivity index (χ1v) is 12.5. The summed E-state index contributed by atoms with van der Waals surface area (Å²) in [4.78, 5) is 17.2. The summed E-state index contributed by atoms with van der Waals surface area (Å²) in [6, 6.07) is 12.5. The summed E-state index contributed by atoms with van der Waals surface area (Å²) in [6.45, 7) is 3.14. The third-order valence-electron chi connectivity index (χ3n) is 3.96. The van der Waals surface area contributed by atoms with Gasteiger partial charge in [0.1, 0.15) is 0 Å². The van der Waals surface area contributed by atoms with Crippen molar-refractivity contribution < 1.29 is 13.2 Å². The van der Waals surface area contributed by atoms with Gasteiger partial charge in [-0.15, -0.1) is 11.3 Å². The van der Waals surface area contributed by atoms with E-state index in [1.54, 1.807) is 32.0 Å². The molecule has 0 atom stereocenters. The summed E-state index contributed by atoms with van der Waals surface area (Å²) in [7, 11) is -3.60. The van der Waals surface area contributed by atoms with E-state index in [4.69, 9.17) is 0 Å². The molecule has 0 bridgehead atoms. The van der Waals surface area contributed by atoms with Crippen LogP contribution in [0.15, 0.2) is 56.8 Å². The van der Waals surface area contributed by atoms with E-state index in [1.807, 2.05) is 29.6 Å². The van der Waals surface area contributed by atoms with Crippen molar-refractivity contribution in [1.82, 2.24) is 4.98 Å². The van der Waals surface area contributed by atoms with Gasteiger partial charge in [-0.25, -0.2) is 13.4 Å². The number of halogens is 2. The second-order valence-corrected chi connectivity index (χ2v) is 11.3. The number of aromatic nitrogens is 1. The molecule has 0 saturated carbocycles. The number of carbonyl (C=O) groups excluding carboxylic acids is 1. The highest BCUT2D eigenvalue weighted by Crippen LogP contribution is 2.28. The fraction of sp³-hybridized carbons (Fsp3) is 0.158. The van der Waals surface area contributed by atoms with Gasteiger partial charge in [0, 0.05) is 19.9 Å². The van der Waals surface area contributed by atoms with Crippen LogP contribution in [0.2, 0.25) is 0 Å². The Morgan fingerprint density at radius 1 is 1.07 bits per heavy atom. The monoisotopic (exact) mass is 557 g/mol. The fourth-order valence-corrected chi connectivity index (χ4v) is 4.37. The number of carbonyl (C=O) groups is 1. The van der Waals surface area contributed by atoms with Gasteiger partial charge in [-0.05, 0) is 44.2 Å². The van der Waals surface area contributed by atoms with Crippen LogP contribution in [0.4, 0.5) is 10.8 Å². The highest BCUT2D eigenvalue weighted by atomic mass is 79.9. The summed E-state index contributed by atoms with van der Waals surface area (Å²) < 4.78 is 28.6. The minimum Gasteiger partial charge on any atom is -0.298 e. The van der Waals surface area contributed by atoms with Crippen molar-refractivity contribution in [2.45, 2.75) is 19.1 Å². The van der Waals surface area contributed by atoms with E-state index in [2.05, 4.69) is 46.9 Å². The summed E-state index contributed by atoms with van der Waals surface area (Å²) >= 11 is 8.00. The first-order valence-electron chi connectivity index (χ1n) is 8.50. The standard InChI is InChI=1S/C19H17Br2N3O3S2/c1-11(2)29(26,27)24-16-9-14(21)7-8-15(16)18(25)23-19-22-17(10-28-19)12-3-5-13(20)6-4-12/h3-11,24H,1-2H3,(H,22,23,25). The molecule has 10 heteroatoms. The zero-order valence-corrected chi connectivity index (χ0v) is 20.2. The molecule has 1 aromatic heterocycles. The highest BCUT2D eigenvalue weighted by molar-refractivity contribution is 9.10. The summed E-state index contributed by atoms with van der Waals surface area (Å²) in [5.74, 6) is -0.448. The highest BCUT2D eigenvalue weighted by Gasteiger charge is 2.21. The van der Waals surface area contributed by atoms with Gasteiger partial charge in [0.05, 0.1) is 22.2 Å². The van der Waals surface area contributed by atoms with E-state index in [0.29, 0.717) is 9.60 Å². The minimum atomic E-state index is -3.60. The van der Waals surface area contributed by atoms with Crippen LogP contribution in [0.5, 0.6) is 0 Å². The molecule has 0 radical (unpaired) electrons. The molecule has 3 aromatic rings. The molecule has 2 N–H and O–H groups in total. The van der Waals surface area contributed by atoms with Gasteiger partial charge in [0.25, 0.3) is 5.91 Å². The average molecular weight is 559 g/mol. The molecule has 1 heterocycles. The Morgan fingerprint density at radius 3 is 2.38 bits per heavy atom. The van der Waals surface area contributed by atoms with Crippen molar-refractivity contribution in [2.75, 3.05) is 10.0 Å². The smallest absolute Gasteiger partial charge is 0.259 e. The number of anilines is 2. The third kappa shape index (κ3) is 5.44. The van der Waals surface area contributed by atoms with Crippen molar-refractivity contribution >= 4 is 69.9 Å². The zero-order valence-electron chi connectivity index (χ0n) is 15.4. The van der Waals surface area contributed by atoms with Crippen LogP contribution < -0.4 is 10.0 Å². The molecule has 6 nitrogen and oxygen atoms in total. The van der Waals surface area contributed by atoms with Crippen LogP contribution in [0.3, 0.4) is 0 Å². The molecule has 0 fully saturated rings. The Kier molecular flexibility index (Phi) is 6.77. The van der Waals surface area contributed by atoms with E-state index in [0.717, 1.165) is 15.7 Å². The Hall–Kier alpha value is -1.75. The first kappa shape index (κ1) is 21.9. The SMILES string of the molecule is CC(C)S(=O)(=O)Nc1cc(Br)ccc1C(=O)Nc1nc(-c2ccc(Br)cc2)cs1. The largest absolute Gasteiger partial charge is 0.298 e. The molecule has 0 saturated heterocycles. The fourth-order valence-electron chi connectivity index (χ4n) is 2.32. The number of benzene rings is 2. The van der Waals surface area contributed by atoms with Gasteiger partial charge in [0.15, 0.2) is 5.13 Å². The lowest BCUT2D eigenvalue weighted by Crippen LogP contribution is -2.24. The molecule has 3 rings (SSSR count). The molecular weight excluding hydrogens is 542 g/mol. The number of rotatable bonds is 6. The third-order valence-corrected chi connectivity index (χ3v) is 7.49. The zero-order chi connectivity index (χ0) is 21.2. The molecule has 152 valence electrons. The van der Waals surface area contributed by atoms with Crippen LogP contribution in [-0.2, 0) is 10.0 Å². The Balaban J connectivity index is 1.84. The quantitative estimate of drug-likeness (QED) is 0.404. The molecule has 2 aromatic carbocycles. The Morgan fingerprint density at radius 2 is 1.72 bits per heavy atom. The van der Waals surface area contributed by atoms with Crippen LogP contribution in [-0.4, -0.2) is 24.6 Å². The predicted octanol–water partition coefficient (Wildman–Crippen LogP) is 5.74. The second-order valence-electron chi connectivity index (χ2n) is 6.38. The average Bonchev–Trinajstić information content (AvgIpc) is 3.10. The van der Waals surface area contributed by atoms with Gasteiger partial charge in [0.2, 0.25) is 10.0 Å². The van der Waals surface area contributed by atoms with Crippen LogP contribution in [0.25, 0.3) is 11.3 Å². The lowest BCUT2D eigenvalue weighted by molar-refractivity contribution is 0.102. The Labute approximate surface area is 190 Å². The van der Waals surface area contributed by atoms with Gasteiger partial charge in [-0.2, -0.15) is 0 Å². The minimum absolute atomic E-state index is 0.204. The van der Waals surface area contributed by atoms with Gasteiger partial charge in [-0.1, -0.05) is 44.0 Å². The molecular formula is C19H17Br2N3O3S2. The molecule has 0 aliphatic heterocycles. The lowest BCUT2D eigenvalue weighted by Gasteiger charge is -2.14. The number of amides is 1. The number of thiazole rings is 1. The maximum atomic E-state index is 12.8. The number of sulfonamides is 1. The van der Waals surface area contributed by atoms with E-state index in [1.165, 1.54) is 11.3 Å². The topological polar surface area (TPSA) is 88.2 Å². The predicted molar refractivity (Wildman–Crippen MR) is 125 cm³/mol. The normalized spacial score (nSPS) is 11.5. The Bertz CT molecular complexity index is 1140. The van der Waals surface area contributed by atoms with Crippen LogP contribution in [0, 0.1) is 0 Å². The van der Waals surface area contributed by atoms with Crippen molar-refractivity contribution in [1.29, 1.82) is 0 Å². The van der Waals surface area contributed by atoms with Gasteiger partial charge in [-0.3, -0.25) is 14.8 Å². The summed E-state index contributed by atoms with van der Waals surface area (Å²) in [5.41, 5.74) is 2.08. The molecule has 0 unspecified atom stereocenters. The number of hydrogen-bond donors (Lipinski definition) is 2. The molecule has 1 amide bonds. The maximum absolute atomic E-state index is 12.8. The molecule has 0 aliphatic carbocycles. The van der Waals surface area contributed by atoms with Crippen molar-refractivity contribution in [3.05, 3.63) is 62.4 Å². The van der Waals surface area contributed by atoms with E-state index in [9.17, 15) is 13.2 Å². The van der Waals surface area contributed by atoms with E-state index in [-0.39, 0.29) is 11.3 Å². The van der Waals surface area contributed by atoms with Crippen molar-refractivity contribution in [2.24, 2.45) is 0 Å². The maximum Gasteiger partial charge on any atom is 0.259 e. The summed E-state index contributed by atoms with van der Waals surface area (Å²) in [6.07, 6.45) is 0. The van der Waals surface area contributed by atoms with Crippen molar-refractivity contribution in [3.8, 4) is 11.3 Å². The van der Waals surface area contributed by atoms with E-state index >= 15 is 0 Å². The first-order chi connectivity index (χ1) is 13.7. The number of hydrogen-bond acceptors (Lipinski definition) is 5. The van der Waals surface area contributed by atoms with Crippen molar-refractivity contribution in [3.63, 3.8) is 0 Å². The summed E-state index contributed by atoms with van der Waals surface area (Å²) in [5, 5.41) is 4.38. The van der Waals surface area contributed by atoms with Crippen LogP contribution >= 0.6 is 43.2 Å². The van der Waals surface area contributed by atoms with Crippen LogP contribution in [0.1, 0.15) is 24.2 Å². The lowest BCUT2D eigenvalue weighted by atomic mass is 10.2. The van der Waals surface area contributed by atoms with E-state index < -0.39 is 21.2 Å². The van der Waals surface area contributed by atoms with Gasteiger partial charge < -0.3 is 0 Å². The molecule has 0 aliphatic rings.